The number of carbonyl (C=O) groups excluding carboxylic acids is 2. The summed E-state index contributed by atoms with van der Waals surface area (Å²) in [6, 6.07) is 5.46. The van der Waals surface area contributed by atoms with E-state index in [9.17, 15) is 9.59 Å². The average molecular weight is 247 g/mol. The minimum Gasteiger partial charge on any atom is -0.397 e. The zero-order chi connectivity index (χ0) is 13.3. The van der Waals surface area contributed by atoms with Gasteiger partial charge in [-0.05, 0) is 31.5 Å². The van der Waals surface area contributed by atoms with E-state index in [0.717, 1.165) is 5.56 Å². The number of carbonyl (C=O) groups is 2. The number of anilines is 2. The summed E-state index contributed by atoms with van der Waals surface area (Å²) in [5, 5.41) is 5.45. The van der Waals surface area contributed by atoms with E-state index in [2.05, 4.69) is 10.6 Å². The lowest BCUT2D eigenvalue weighted by molar-refractivity contribution is -0.126. The monoisotopic (exact) mass is 247 g/mol. The fourth-order valence-corrected chi connectivity index (χ4v) is 2.00. The van der Waals surface area contributed by atoms with E-state index in [1.165, 1.54) is 0 Å². The highest BCUT2D eigenvalue weighted by Crippen LogP contribution is 2.28. The first-order valence-electron chi connectivity index (χ1n) is 5.85. The molecule has 0 spiro atoms. The predicted octanol–water partition coefficient (Wildman–Crippen LogP) is 1.04. The number of hydrogen-bond donors (Lipinski definition) is 3. The first kappa shape index (κ1) is 12.4. The lowest BCUT2D eigenvalue weighted by Gasteiger charge is -2.21. The van der Waals surface area contributed by atoms with Crippen molar-refractivity contribution in [1.29, 1.82) is 0 Å². The molecule has 18 heavy (non-hydrogen) atoms. The lowest BCUT2D eigenvalue weighted by atomic mass is 9.88. The summed E-state index contributed by atoms with van der Waals surface area (Å²) in [6.45, 7) is 4.07. The number of benzene rings is 1. The van der Waals surface area contributed by atoms with Gasteiger partial charge in [-0.2, -0.15) is 0 Å². The van der Waals surface area contributed by atoms with E-state index >= 15 is 0 Å². The molecule has 1 heterocycles. The maximum absolute atomic E-state index is 12.2. The van der Waals surface area contributed by atoms with Crippen LogP contribution in [0.4, 0.5) is 11.4 Å². The van der Waals surface area contributed by atoms with Crippen molar-refractivity contribution in [3.63, 3.8) is 0 Å². The third-order valence-corrected chi connectivity index (χ3v) is 3.23. The minimum absolute atomic E-state index is 0.0930. The van der Waals surface area contributed by atoms with Crippen molar-refractivity contribution in [3.8, 4) is 0 Å². The smallest absolute Gasteiger partial charge is 0.232 e. The van der Waals surface area contributed by atoms with E-state index in [4.69, 9.17) is 5.73 Å². The van der Waals surface area contributed by atoms with Crippen LogP contribution in [0.3, 0.4) is 0 Å². The Bertz CT molecular complexity index is 513. The van der Waals surface area contributed by atoms with Crippen LogP contribution in [0.25, 0.3) is 0 Å². The average Bonchev–Trinajstić information content (AvgIpc) is 2.64. The van der Waals surface area contributed by atoms with Crippen molar-refractivity contribution in [3.05, 3.63) is 23.8 Å². The zero-order valence-corrected chi connectivity index (χ0v) is 10.5. The van der Waals surface area contributed by atoms with Crippen molar-refractivity contribution < 1.29 is 9.59 Å². The minimum atomic E-state index is -0.700. The first-order chi connectivity index (χ1) is 8.40. The van der Waals surface area contributed by atoms with Crippen LogP contribution in [0, 0.1) is 12.3 Å². The molecule has 0 saturated carbocycles. The Labute approximate surface area is 106 Å². The molecule has 0 bridgehead atoms. The molecule has 5 heteroatoms. The lowest BCUT2D eigenvalue weighted by Crippen LogP contribution is -2.35. The second kappa shape index (κ2) is 4.33. The van der Waals surface area contributed by atoms with Crippen LogP contribution in [0.5, 0.6) is 0 Å². The van der Waals surface area contributed by atoms with Crippen LogP contribution in [-0.4, -0.2) is 18.4 Å². The number of rotatable bonds is 2. The molecule has 4 N–H and O–H groups in total. The first-order valence-corrected chi connectivity index (χ1v) is 5.85. The van der Waals surface area contributed by atoms with E-state index in [1.807, 2.05) is 13.0 Å². The van der Waals surface area contributed by atoms with Gasteiger partial charge in [0.15, 0.2) is 0 Å². The number of amides is 2. The molecule has 1 atom stereocenters. The molecule has 96 valence electrons. The van der Waals surface area contributed by atoms with E-state index in [1.54, 1.807) is 19.1 Å². The van der Waals surface area contributed by atoms with Gasteiger partial charge in [0, 0.05) is 13.0 Å². The molecule has 1 aromatic rings. The highest BCUT2D eigenvalue weighted by molar-refractivity contribution is 6.01. The molecule has 0 aliphatic carbocycles. The molecule has 2 rings (SSSR count). The van der Waals surface area contributed by atoms with E-state index < -0.39 is 5.41 Å². The molecule has 1 saturated heterocycles. The second-order valence-electron chi connectivity index (χ2n) is 5.06. The molecule has 1 aliphatic heterocycles. The Morgan fingerprint density at radius 1 is 1.50 bits per heavy atom. The SMILES string of the molecule is Cc1ccc(NC(=O)C2(C)CNC(=O)C2)c(N)c1. The summed E-state index contributed by atoms with van der Waals surface area (Å²) < 4.78 is 0. The van der Waals surface area contributed by atoms with Gasteiger partial charge in [0.2, 0.25) is 11.8 Å². The standard InChI is InChI=1S/C13H17N3O2/c1-8-3-4-10(9(14)5-8)16-12(18)13(2)6-11(17)15-7-13/h3-5H,6-7,14H2,1-2H3,(H,15,17)(H,16,18). The largest absolute Gasteiger partial charge is 0.397 e. The van der Waals surface area contributed by atoms with Gasteiger partial charge in [0.05, 0.1) is 16.8 Å². The Kier molecular flexibility index (Phi) is 2.98. The molecular weight excluding hydrogens is 230 g/mol. The van der Waals surface area contributed by atoms with Gasteiger partial charge >= 0.3 is 0 Å². The highest BCUT2D eigenvalue weighted by Gasteiger charge is 2.40. The summed E-state index contributed by atoms with van der Waals surface area (Å²) in [6.07, 6.45) is 0.213. The van der Waals surface area contributed by atoms with Crippen molar-refractivity contribution in [2.45, 2.75) is 20.3 Å². The van der Waals surface area contributed by atoms with Crippen molar-refractivity contribution >= 4 is 23.2 Å². The normalized spacial score (nSPS) is 22.7. The summed E-state index contributed by atoms with van der Waals surface area (Å²) in [5.74, 6) is -0.277. The zero-order valence-electron chi connectivity index (χ0n) is 10.5. The van der Waals surface area contributed by atoms with Crippen molar-refractivity contribution in [1.82, 2.24) is 5.32 Å². The van der Waals surface area contributed by atoms with Gasteiger partial charge in [-0.1, -0.05) is 6.07 Å². The molecule has 0 radical (unpaired) electrons. The molecule has 1 fully saturated rings. The third-order valence-electron chi connectivity index (χ3n) is 3.23. The van der Waals surface area contributed by atoms with Gasteiger partial charge in [-0.15, -0.1) is 0 Å². The van der Waals surface area contributed by atoms with Crippen LogP contribution in [0.2, 0.25) is 0 Å². The number of nitrogens with two attached hydrogens (primary N) is 1. The molecule has 5 nitrogen and oxygen atoms in total. The second-order valence-corrected chi connectivity index (χ2v) is 5.06. The number of hydrogen-bond acceptors (Lipinski definition) is 3. The molecule has 0 aromatic heterocycles. The molecule has 1 unspecified atom stereocenters. The van der Waals surface area contributed by atoms with Gasteiger partial charge in [0.1, 0.15) is 0 Å². The Balaban J connectivity index is 2.14. The van der Waals surface area contributed by atoms with Crippen molar-refractivity contribution in [2.75, 3.05) is 17.6 Å². The molecular formula is C13H17N3O2. The van der Waals surface area contributed by atoms with E-state index in [-0.39, 0.29) is 18.2 Å². The molecule has 2 amide bonds. The van der Waals surface area contributed by atoms with Crippen LogP contribution >= 0.6 is 0 Å². The maximum atomic E-state index is 12.2. The summed E-state index contributed by atoms with van der Waals surface area (Å²) in [5.41, 5.74) is 7.30. The predicted molar refractivity (Wildman–Crippen MR) is 70.0 cm³/mol. The van der Waals surface area contributed by atoms with E-state index in [0.29, 0.717) is 17.9 Å². The molecule has 1 aliphatic rings. The van der Waals surface area contributed by atoms with Gasteiger partial charge in [-0.3, -0.25) is 9.59 Å². The quantitative estimate of drug-likeness (QED) is 0.683. The topological polar surface area (TPSA) is 84.2 Å². The Morgan fingerprint density at radius 3 is 2.78 bits per heavy atom. The number of aryl methyl sites for hydroxylation is 1. The van der Waals surface area contributed by atoms with Gasteiger partial charge < -0.3 is 16.4 Å². The van der Waals surface area contributed by atoms with Gasteiger partial charge in [-0.25, -0.2) is 0 Å². The molecule has 1 aromatic carbocycles. The fraction of sp³-hybridized carbons (Fsp3) is 0.385. The van der Waals surface area contributed by atoms with Crippen LogP contribution in [-0.2, 0) is 9.59 Å². The highest BCUT2D eigenvalue weighted by atomic mass is 16.2. The van der Waals surface area contributed by atoms with Crippen LogP contribution < -0.4 is 16.4 Å². The van der Waals surface area contributed by atoms with Crippen LogP contribution in [0.1, 0.15) is 18.9 Å². The summed E-state index contributed by atoms with van der Waals surface area (Å²) in [7, 11) is 0. The number of nitrogen functional groups attached to an aromatic ring is 1. The third kappa shape index (κ3) is 2.30. The van der Waals surface area contributed by atoms with Crippen molar-refractivity contribution in [2.24, 2.45) is 5.41 Å². The van der Waals surface area contributed by atoms with Crippen LogP contribution in [0.15, 0.2) is 18.2 Å². The van der Waals surface area contributed by atoms with Gasteiger partial charge in [0.25, 0.3) is 0 Å². The fourth-order valence-electron chi connectivity index (χ4n) is 2.00. The Morgan fingerprint density at radius 2 is 2.22 bits per heavy atom. The number of nitrogens with one attached hydrogen (secondary N) is 2. The Hall–Kier alpha value is -2.04. The summed E-state index contributed by atoms with van der Waals surface area (Å²) in [4.78, 5) is 23.4. The summed E-state index contributed by atoms with van der Waals surface area (Å²) >= 11 is 0. The maximum Gasteiger partial charge on any atom is 0.232 e.